The van der Waals surface area contributed by atoms with Gasteiger partial charge in [0.1, 0.15) is 0 Å². The van der Waals surface area contributed by atoms with E-state index in [1.54, 1.807) is 12.3 Å². The Morgan fingerprint density at radius 3 is 2.61 bits per heavy atom. The van der Waals surface area contributed by atoms with Gasteiger partial charge in [-0.3, -0.25) is 4.79 Å². The Bertz CT molecular complexity index is 427. The van der Waals surface area contributed by atoms with Crippen molar-refractivity contribution in [1.29, 1.82) is 0 Å². The second-order valence-electron chi connectivity index (χ2n) is 4.91. The molecule has 1 rings (SSSR count). The summed E-state index contributed by atoms with van der Waals surface area (Å²) in [5.74, 6) is 0.511. The second kappa shape index (κ2) is 6.54. The van der Waals surface area contributed by atoms with Crippen LogP contribution >= 0.6 is 0 Å². The number of nitrogens with one attached hydrogen (secondary N) is 1. The fraction of sp³-hybridized carbons (Fsp3) is 0.692. The molecule has 0 radical (unpaired) electrons. The second-order valence-corrected chi connectivity index (χ2v) is 4.91. The van der Waals surface area contributed by atoms with Gasteiger partial charge in [-0.05, 0) is 13.0 Å². The third-order valence-corrected chi connectivity index (χ3v) is 3.44. The maximum Gasteiger partial charge on any atom is 0.268 e. The Labute approximate surface area is 109 Å². The van der Waals surface area contributed by atoms with E-state index < -0.39 is 0 Å². The first kappa shape index (κ1) is 14.7. The number of hydrogen-bond donors (Lipinski definition) is 1. The van der Waals surface area contributed by atoms with E-state index in [2.05, 4.69) is 24.3 Å². The molecule has 1 aromatic heterocycles. The Morgan fingerprint density at radius 1 is 1.50 bits per heavy atom. The lowest BCUT2D eigenvalue weighted by atomic mass is 9.99. The lowest BCUT2D eigenvalue weighted by Gasteiger charge is -2.23. The molecule has 0 aliphatic heterocycles. The third kappa shape index (κ3) is 3.57. The zero-order valence-corrected chi connectivity index (χ0v) is 12.0. The van der Waals surface area contributed by atoms with E-state index in [-0.39, 0.29) is 11.6 Å². The molecule has 5 heteroatoms. The highest BCUT2D eigenvalue weighted by atomic mass is 16.1. The molecular weight excluding hydrogens is 228 g/mol. The van der Waals surface area contributed by atoms with Crippen LogP contribution in [0.1, 0.15) is 20.3 Å². The summed E-state index contributed by atoms with van der Waals surface area (Å²) < 4.78 is 1.53. The minimum atomic E-state index is -0.0512. The molecule has 1 aromatic rings. The summed E-state index contributed by atoms with van der Waals surface area (Å²) in [5.41, 5.74) is 0.783. The Kier molecular flexibility index (Phi) is 5.34. The van der Waals surface area contributed by atoms with Crippen molar-refractivity contribution in [3.63, 3.8) is 0 Å². The summed E-state index contributed by atoms with van der Waals surface area (Å²) >= 11 is 0. The number of rotatable bonds is 6. The standard InChI is InChI=1S/C13H24N4O/c1-6-10(2)12(14-3)9-17-13(18)7-11(8-15-17)16(4)5/h7-8,10,12,14H,6,9H2,1-5H3. The van der Waals surface area contributed by atoms with Gasteiger partial charge in [-0.1, -0.05) is 20.3 Å². The van der Waals surface area contributed by atoms with Gasteiger partial charge in [0.25, 0.3) is 5.56 Å². The van der Waals surface area contributed by atoms with E-state index in [0.29, 0.717) is 12.5 Å². The van der Waals surface area contributed by atoms with Gasteiger partial charge in [0.15, 0.2) is 0 Å². The highest BCUT2D eigenvalue weighted by Crippen LogP contribution is 2.09. The van der Waals surface area contributed by atoms with E-state index in [1.165, 1.54) is 4.68 Å². The van der Waals surface area contributed by atoms with Crippen LogP contribution in [0.2, 0.25) is 0 Å². The van der Waals surface area contributed by atoms with Crippen LogP contribution in [0.3, 0.4) is 0 Å². The van der Waals surface area contributed by atoms with Gasteiger partial charge in [-0.2, -0.15) is 5.10 Å². The third-order valence-electron chi connectivity index (χ3n) is 3.44. The van der Waals surface area contributed by atoms with Gasteiger partial charge < -0.3 is 10.2 Å². The van der Waals surface area contributed by atoms with Gasteiger partial charge in [0, 0.05) is 26.2 Å². The molecule has 0 saturated heterocycles. The van der Waals surface area contributed by atoms with Crippen molar-refractivity contribution in [2.75, 3.05) is 26.0 Å². The number of aromatic nitrogens is 2. The predicted octanol–water partition coefficient (Wildman–Crippen LogP) is 0.943. The van der Waals surface area contributed by atoms with Gasteiger partial charge in [0.2, 0.25) is 0 Å². The van der Waals surface area contributed by atoms with Crippen molar-refractivity contribution in [2.24, 2.45) is 5.92 Å². The molecule has 2 atom stereocenters. The van der Waals surface area contributed by atoms with E-state index in [9.17, 15) is 4.79 Å². The number of likely N-dealkylation sites (N-methyl/N-ethyl adjacent to an activating group) is 1. The quantitative estimate of drug-likeness (QED) is 0.819. The monoisotopic (exact) mass is 252 g/mol. The lowest BCUT2D eigenvalue weighted by molar-refractivity contribution is 0.330. The lowest BCUT2D eigenvalue weighted by Crippen LogP contribution is -2.39. The van der Waals surface area contributed by atoms with Crippen molar-refractivity contribution < 1.29 is 0 Å². The summed E-state index contributed by atoms with van der Waals surface area (Å²) in [6, 6.07) is 1.89. The molecule has 0 aliphatic rings. The molecule has 18 heavy (non-hydrogen) atoms. The summed E-state index contributed by atoms with van der Waals surface area (Å²) in [6.45, 7) is 4.94. The van der Waals surface area contributed by atoms with Gasteiger partial charge in [-0.25, -0.2) is 4.68 Å². The molecule has 0 aromatic carbocycles. The molecule has 1 heterocycles. The van der Waals surface area contributed by atoms with Crippen molar-refractivity contribution in [3.05, 3.63) is 22.6 Å². The summed E-state index contributed by atoms with van der Waals surface area (Å²) in [6.07, 6.45) is 2.81. The van der Waals surface area contributed by atoms with E-state index in [1.807, 2.05) is 26.0 Å². The first-order valence-electron chi connectivity index (χ1n) is 6.41. The van der Waals surface area contributed by atoms with Crippen LogP contribution in [0.25, 0.3) is 0 Å². The highest BCUT2D eigenvalue weighted by molar-refractivity contribution is 5.40. The van der Waals surface area contributed by atoms with Crippen LogP contribution in [0, 0.1) is 5.92 Å². The predicted molar refractivity (Wildman–Crippen MR) is 75.1 cm³/mol. The van der Waals surface area contributed by atoms with Crippen molar-refractivity contribution in [1.82, 2.24) is 15.1 Å². The van der Waals surface area contributed by atoms with Gasteiger partial charge in [-0.15, -0.1) is 0 Å². The van der Waals surface area contributed by atoms with Crippen LogP contribution in [0.4, 0.5) is 5.69 Å². The number of nitrogens with zero attached hydrogens (tertiary/aromatic N) is 3. The summed E-state index contributed by atoms with van der Waals surface area (Å²) in [7, 11) is 5.72. The Hall–Kier alpha value is -1.36. The first-order valence-corrected chi connectivity index (χ1v) is 6.41. The topological polar surface area (TPSA) is 50.2 Å². The summed E-state index contributed by atoms with van der Waals surface area (Å²) in [4.78, 5) is 13.8. The largest absolute Gasteiger partial charge is 0.376 e. The van der Waals surface area contributed by atoms with E-state index in [4.69, 9.17) is 0 Å². The molecule has 2 unspecified atom stereocenters. The van der Waals surface area contributed by atoms with Gasteiger partial charge >= 0.3 is 0 Å². The van der Waals surface area contributed by atoms with Crippen LogP contribution in [-0.4, -0.2) is 37.0 Å². The van der Waals surface area contributed by atoms with Crippen molar-refractivity contribution in [2.45, 2.75) is 32.9 Å². The average molecular weight is 252 g/mol. The molecular formula is C13H24N4O. The van der Waals surface area contributed by atoms with E-state index >= 15 is 0 Å². The molecule has 0 amide bonds. The fourth-order valence-corrected chi connectivity index (χ4v) is 1.83. The maximum absolute atomic E-state index is 12.0. The van der Waals surface area contributed by atoms with Crippen molar-refractivity contribution in [3.8, 4) is 0 Å². The van der Waals surface area contributed by atoms with Crippen LogP contribution in [-0.2, 0) is 6.54 Å². The minimum absolute atomic E-state index is 0.0512. The SMILES string of the molecule is CCC(C)C(Cn1ncc(N(C)C)cc1=O)NC. The van der Waals surface area contributed by atoms with Crippen molar-refractivity contribution >= 4 is 5.69 Å². The molecule has 0 spiro atoms. The Balaban J connectivity index is 2.88. The Morgan fingerprint density at radius 2 is 2.17 bits per heavy atom. The van der Waals surface area contributed by atoms with Crippen LogP contribution in [0.15, 0.2) is 17.1 Å². The molecule has 5 nitrogen and oxygen atoms in total. The van der Waals surface area contributed by atoms with Crippen LogP contribution < -0.4 is 15.8 Å². The first-order chi connectivity index (χ1) is 8.49. The smallest absolute Gasteiger partial charge is 0.268 e. The molecule has 102 valence electrons. The normalized spacial score (nSPS) is 14.3. The molecule has 0 aliphatic carbocycles. The number of anilines is 1. The highest BCUT2D eigenvalue weighted by Gasteiger charge is 2.15. The zero-order chi connectivity index (χ0) is 13.7. The average Bonchev–Trinajstić information content (AvgIpc) is 2.36. The molecule has 0 bridgehead atoms. The number of hydrogen-bond acceptors (Lipinski definition) is 4. The molecule has 1 N–H and O–H groups in total. The van der Waals surface area contributed by atoms with Gasteiger partial charge in [0.05, 0.1) is 18.4 Å². The molecule has 0 fully saturated rings. The molecule has 0 saturated carbocycles. The van der Waals surface area contributed by atoms with Crippen LogP contribution in [0.5, 0.6) is 0 Å². The fourth-order valence-electron chi connectivity index (χ4n) is 1.83. The van der Waals surface area contributed by atoms with E-state index in [0.717, 1.165) is 12.1 Å². The minimum Gasteiger partial charge on any atom is -0.376 e. The maximum atomic E-state index is 12.0. The summed E-state index contributed by atoms with van der Waals surface area (Å²) in [5, 5.41) is 7.48. The zero-order valence-electron chi connectivity index (χ0n) is 12.0.